The van der Waals surface area contributed by atoms with Crippen LogP contribution in [0.25, 0.3) is 0 Å². The summed E-state index contributed by atoms with van der Waals surface area (Å²) in [5, 5.41) is 0. The van der Waals surface area contributed by atoms with Crippen LogP contribution in [-0.2, 0) is 9.59 Å². The van der Waals surface area contributed by atoms with E-state index >= 15 is 0 Å². The third-order valence-corrected chi connectivity index (χ3v) is 4.76. The lowest BCUT2D eigenvalue weighted by Crippen LogP contribution is -2.66. The Labute approximate surface area is 108 Å². The van der Waals surface area contributed by atoms with Crippen molar-refractivity contribution in [2.24, 2.45) is 5.92 Å². The number of nitrogens with zero attached hydrogens (tertiary/aromatic N) is 2. The van der Waals surface area contributed by atoms with Crippen LogP contribution in [0.4, 0.5) is 0 Å². The van der Waals surface area contributed by atoms with Gasteiger partial charge in [0.1, 0.15) is 12.1 Å². The molecule has 0 aromatic heterocycles. The summed E-state index contributed by atoms with van der Waals surface area (Å²) in [6.45, 7) is 4.96. The van der Waals surface area contributed by atoms with Gasteiger partial charge in [-0.1, -0.05) is 13.8 Å². The number of fused-ring (bicyclic) bond motifs is 1. The molecule has 1 saturated carbocycles. The molecule has 2 saturated heterocycles. The van der Waals surface area contributed by atoms with Crippen molar-refractivity contribution in [3.8, 4) is 0 Å². The number of carbonyl (C=O) groups is 2. The van der Waals surface area contributed by atoms with Crippen LogP contribution in [0.15, 0.2) is 0 Å². The van der Waals surface area contributed by atoms with Crippen molar-refractivity contribution in [1.29, 1.82) is 0 Å². The second-order valence-corrected chi connectivity index (χ2v) is 5.99. The highest BCUT2D eigenvalue weighted by molar-refractivity contribution is 5.97. The third-order valence-electron chi connectivity index (χ3n) is 4.76. The first-order valence-corrected chi connectivity index (χ1v) is 7.27. The molecular formula is C14H22N2O2. The minimum absolute atomic E-state index is 0.151. The predicted molar refractivity (Wildman–Crippen MR) is 67.8 cm³/mol. The first kappa shape index (κ1) is 12.0. The number of hydrogen-bond acceptors (Lipinski definition) is 2. The van der Waals surface area contributed by atoms with Gasteiger partial charge >= 0.3 is 0 Å². The van der Waals surface area contributed by atoms with Gasteiger partial charge in [-0.3, -0.25) is 9.59 Å². The molecule has 0 N–H and O–H groups in total. The van der Waals surface area contributed by atoms with Gasteiger partial charge in [0.15, 0.2) is 0 Å². The van der Waals surface area contributed by atoms with Gasteiger partial charge in [0.05, 0.1) is 0 Å². The van der Waals surface area contributed by atoms with E-state index in [1.54, 1.807) is 0 Å². The molecule has 0 bridgehead atoms. The average Bonchev–Trinajstić information content (AvgIpc) is 3.10. The van der Waals surface area contributed by atoms with Crippen molar-refractivity contribution >= 4 is 11.8 Å². The molecule has 2 aliphatic heterocycles. The Bertz CT molecular complexity index is 382. The summed E-state index contributed by atoms with van der Waals surface area (Å²) >= 11 is 0. The van der Waals surface area contributed by atoms with Crippen LogP contribution in [0.1, 0.15) is 46.0 Å². The van der Waals surface area contributed by atoms with Crippen molar-refractivity contribution in [1.82, 2.24) is 9.80 Å². The minimum Gasteiger partial charge on any atom is -0.329 e. The largest absolute Gasteiger partial charge is 0.329 e. The number of rotatable bonds is 2. The average molecular weight is 250 g/mol. The van der Waals surface area contributed by atoms with Crippen LogP contribution in [0.2, 0.25) is 0 Å². The topological polar surface area (TPSA) is 40.6 Å². The molecule has 18 heavy (non-hydrogen) atoms. The Hall–Kier alpha value is -1.06. The van der Waals surface area contributed by atoms with Gasteiger partial charge in [0, 0.05) is 12.6 Å². The zero-order valence-corrected chi connectivity index (χ0v) is 11.3. The molecule has 3 aliphatic rings. The van der Waals surface area contributed by atoms with Crippen molar-refractivity contribution in [3.63, 3.8) is 0 Å². The van der Waals surface area contributed by atoms with E-state index in [1.807, 2.05) is 16.7 Å². The normalized spacial score (nSPS) is 39.9. The number of amides is 2. The summed E-state index contributed by atoms with van der Waals surface area (Å²) in [4.78, 5) is 28.9. The molecule has 0 spiro atoms. The molecule has 3 fully saturated rings. The standard InChI is InChI=1S/C14H22N2O2/c1-3-10-13(17)15-7-5-4-6-11(15)14(18)16(10)12-8-9(12)2/h9-12H,3-8H2,1-2H3. The van der Waals surface area contributed by atoms with Gasteiger partial charge in [0.25, 0.3) is 0 Å². The molecule has 4 unspecified atom stereocenters. The fraction of sp³-hybridized carbons (Fsp3) is 0.857. The van der Waals surface area contributed by atoms with Gasteiger partial charge in [-0.25, -0.2) is 0 Å². The van der Waals surface area contributed by atoms with E-state index in [9.17, 15) is 9.59 Å². The molecule has 0 radical (unpaired) electrons. The van der Waals surface area contributed by atoms with Crippen LogP contribution in [-0.4, -0.2) is 46.3 Å². The Balaban J connectivity index is 1.89. The van der Waals surface area contributed by atoms with Gasteiger partial charge in [-0.15, -0.1) is 0 Å². The predicted octanol–water partition coefficient (Wildman–Crippen LogP) is 1.40. The first-order valence-electron chi connectivity index (χ1n) is 7.27. The highest BCUT2D eigenvalue weighted by atomic mass is 16.2. The highest BCUT2D eigenvalue weighted by Gasteiger charge is 2.52. The Kier molecular flexibility index (Phi) is 2.83. The molecule has 0 aromatic carbocycles. The van der Waals surface area contributed by atoms with E-state index in [-0.39, 0.29) is 23.9 Å². The van der Waals surface area contributed by atoms with E-state index in [1.165, 1.54) is 0 Å². The fourth-order valence-electron chi connectivity index (χ4n) is 3.54. The second kappa shape index (κ2) is 4.25. The molecule has 3 rings (SSSR count). The van der Waals surface area contributed by atoms with Crippen LogP contribution in [0.5, 0.6) is 0 Å². The van der Waals surface area contributed by atoms with Gasteiger partial charge in [0.2, 0.25) is 11.8 Å². The number of carbonyl (C=O) groups excluding carboxylic acids is 2. The molecule has 2 amide bonds. The number of hydrogen-bond donors (Lipinski definition) is 0. The van der Waals surface area contributed by atoms with E-state index < -0.39 is 0 Å². The lowest BCUT2D eigenvalue weighted by molar-refractivity contribution is -0.164. The molecular weight excluding hydrogens is 228 g/mol. The maximum absolute atomic E-state index is 12.6. The molecule has 100 valence electrons. The Morgan fingerprint density at radius 2 is 1.94 bits per heavy atom. The van der Waals surface area contributed by atoms with E-state index in [0.717, 1.165) is 38.6 Å². The maximum Gasteiger partial charge on any atom is 0.246 e. The smallest absolute Gasteiger partial charge is 0.246 e. The quantitative estimate of drug-likeness (QED) is 0.743. The lowest BCUT2D eigenvalue weighted by Gasteiger charge is -2.47. The van der Waals surface area contributed by atoms with E-state index in [4.69, 9.17) is 0 Å². The summed E-state index contributed by atoms with van der Waals surface area (Å²) < 4.78 is 0. The SMILES string of the molecule is CCC1C(=O)N2CCCCC2C(=O)N1C1CC1C. The summed E-state index contributed by atoms with van der Waals surface area (Å²) in [6, 6.07) is -0.0147. The summed E-state index contributed by atoms with van der Waals surface area (Å²) in [5.74, 6) is 0.988. The van der Waals surface area contributed by atoms with Gasteiger partial charge < -0.3 is 9.80 Å². The molecule has 2 heterocycles. The maximum atomic E-state index is 12.6. The summed E-state index contributed by atoms with van der Waals surface area (Å²) in [5.41, 5.74) is 0. The highest BCUT2D eigenvalue weighted by Crippen LogP contribution is 2.40. The lowest BCUT2D eigenvalue weighted by atomic mass is 9.94. The first-order chi connectivity index (χ1) is 8.65. The monoisotopic (exact) mass is 250 g/mol. The fourth-order valence-corrected chi connectivity index (χ4v) is 3.54. The van der Waals surface area contributed by atoms with Gasteiger partial charge in [-0.2, -0.15) is 0 Å². The van der Waals surface area contributed by atoms with Crippen LogP contribution in [0, 0.1) is 5.92 Å². The van der Waals surface area contributed by atoms with E-state index in [2.05, 4.69) is 6.92 Å². The van der Waals surface area contributed by atoms with Crippen LogP contribution < -0.4 is 0 Å². The molecule has 1 aliphatic carbocycles. The third kappa shape index (κ3) is 1.65. The molecule has 4 nitrogen and oxygen atoms in total. The van der Waals surface area contributed by atoms with Crippen LogP contribution >= 0.6 is 0 Å². The zero-order chi connectivity index (χ0) is 12.9. The zero-order valence-electron chi connectivity index (χ0n) is 11.3. The molecule has 4 atom stereocenters. The summed E-state index contributed by atoms with van der Waals surface area (Å²) in [7, 11) is 0. The number of piperazine rings is 1. The number of piperidine rings is 1. The van der Waals surface area contributed by atoms with Crippen molar-refractivity contribution in [2.75, 3.05) is 6.54 Å². The van der Waals surface area contributed by atoms with E-state index in [0.29, 0.717) is 12.0 Å². The second-order valence-electron chi connectivity index (χ2n) is 5.99. The molecule has 4 heteroatoms. The molecule has 0 aromatic rings. The Morgan fingerprint density at radius 3 is 2.56 bits per heavy atom. The van der Waals surface area contributed by atoms with Gasteiger partial charge in [-0.05, 0) is 38.0 Å². The summed E-state index contributed by atoms with van der Waals surface area (Å²) in [6.07, 6.45) is 4.80. The van der Waals surface area contributed by atoms with Crippen molar-refractivity contribution in [3.05, 3.63) is 0 Å². The minimum atomic E-state index is -0.193. The Morgan fingerprint density at radius 1 is 1.22 bits per heavy atom. The van der Waals surface area contributed by atoms with Crippen molar-refractivity contribution < 1.29 is 9.59 Å². The van der Waals surface area contributed by atoms with Crippen molar-refractivity contribution in [2.45, 2.75) is 64.1 Å². The van der Waals surface area contributed by atoms with Crippen LogP contribution in [0.3, 0.4) is 0 Å².